The van der Waals surface area contributed by atoms with Crippen LogP contribution in [0.5, 0.6) is 0 Å². The number of hydrogen-bond acceptors (Lipinski definition) is 3. The largest absolute Gasteiger partial charge is 0.335 e. The van der Waals surface area contributed by atoms with E-state index in [0.717, 1.165) is 22.0 Å². The van der Waals surface area contributed by atoms with Crippen LogP contribution in [0.2, 0.25) is 0 Å². The second-order valence-corrected chi connectivity index (χ2v) is 6.52. The first kappa shape index (κ1) is 16.3. The predicted octanol–water partition coefficient (Wildman–Crippen LogP) is 2.47. The molecular formula is C20H20N4O2. The molecule has 2 heterocycles. The van der Waals surface area contributed by atoms with Crippen molar-refractivity contribution in [3.63, 3.8) is 0 Å². The van der Waals surface area contributed by atoms with Crippen molar-refractivity contribution in [3.8, 4) is 0 Å². The third kappa shape index (κ3) is 2.83. The molecule has 1 aromatic heterocycles. The van der Waals surface area contributed by atoms with Crippen molar-refractivity contribution in [2.75, 3.05) is 26.2 Å². The zero-order valence-corrected chi connectivity index (χ0v) is 14.6. The van der Waals surface area contributed by atoms with Crippen LogP contribution in [-0.4, -0.2) is 58.0 Å². The van der Waals surface area contributed by atoms with Crippen LogP contribution in [0, 0.1) is 6.92 Å². The highest BCUT2D eigenvalue weighted by molar-refractivity contribution is 6.04. The van der Waals surface area contributed by atoms with Crippen molar-refractivity contribution in [3.05, 3.63) is 65.4 Å². The molecule has 0 atom stereocenters. The summed E-state index contributed by atoms with van der Waals surface area (Å²) in [6.07, 6.45) is 0. The summed E-state index contributed by atoms with van der Waals surface area (Å²) < 4.78 is 0. The van der Waals surface area contributed by atoms with Gasteiger partial charge in [-0.25, -0.2) is 0 Å². The minimum atomic E-state index is -0.0922. The van der Waals surface area contributed by atoms with Gasteiger partial charge < -0.3 is 9.80 Å². The Hall–Kier alpha value is -3.15. The van der Waals surface area contributed by atoms with E-state index >= 15 is 0 Å². The zero-order chi connectivity index (χ0) is 18.1. The monoisotopic (exact) mass is 348 g/mol. The molecule has 0 spiro atoms. The summed E-state index contributed by atoms with van der Waals surface area (Å²) in [5.74, 6) is -0.0640. The van der Waals surface area contributed by atoms with E-state index in [4.69, 9.17) is 0 Å². The van der Waals surface area contributed by atoms with E-state index in [-0.39, 0.29) is 11.8 Å². The van der Waals surface area contributed by atoms with E-state index in [2.05, 4.69) is 10.2 Å². The lowest BCUT2D eigenvalue weighted by Crippen LogP contribution is -2.50. The van der Waals surface area contributed by atoms with Gasteiger partial charge in [0.15, 0.2) is 5.69 Å². The topological polar surface area (TPSA) is 69.3 Å². The summed E-state index contributed by atoms with van der Waals surface area (Å²) in [7, 11) is 0. The van der Waals surface area contributed by atoms with Crippen molar-refractivity contribution < 1.29 is 9.59 Å². The minimum Gasteiger partial charge on any atom is -0.335 e. The molecule has 1 aliphatic rings. The second kappa shape index (κ2) is 6.63. The van der Waals surface area contributed by atoms with Gasteiger partial charge in [0.2, 0.25) is 0 Å². The molecule has 0 aliphatic carbocycles. The molecule has 0 unspecified atom stereocenters. The van der Waals surface area contributed by atoms with Crippen molar-refractivity contribution >= 4 is 22.7 Å². The van der Waals surface area contributed by atoms with Crippen LogP contribution < -0.4 is 0 Å². The van der Waals surface area contributed by atoms with Gasteiger partial charge in [0, 0.05) is 37.1 Å². The highest BCUT2D eigenvalue weighted by Crippen LogP contribution is 2.18. The van der Waals surface area contributed by atoms with Gasteiger partial charge in [-0.15, -0.1) is 0 Å². The molecule has 3 aromatic rings. The number of nitrogens with zero attached hydrogens (tertiary/aromatic N) is 3. The van der Waals surface area contributed by atoms with Gasteiger partial charge in [-0.05, 0) is 24.6 Å². The predicted molar refractivity (Wildman–Crippen MR) is 99.1 cm³/mol. The molecule has 0 bridgehead atoms. The zero-order valence-electron chi connectivity index (χ0n) is 14.6. The SMILES string of the molecule is Cc1ccccc1C(=O)N1CCN(C(=O)c2n[nH]c3ccccc23)CC1. The van der Waals surface area contributed by atoms with Crippen LogP contribution in [0.25, 0.3) is 10.9 Å². The van der Waals surface area contributed by atoms with E-state index in [9.17, 15) is 9.59 Å². The molecular weight excluding hydrogens is 328 g/mol. The summed E-state index contributed by atoms with van der Waals surface area (Å²) in [6.45, 7) is 4.02. The van der Waals surface area contributed by atoms with E-state index in [1.54, 1.807) is 4.90 Å². The lowest BCUT2D eigenvalue weighted by Gasteiger charge is -2.34. The summed E-state index contributed by atoms with van der Waals surface area (Å²) >= 11 is 0. The molecule has 6 heteroatoms. The Balaban J connectivity index is 1.46. The van der Waals surface area contributed by atoms with Gasteiger partial charge in [0.25, 0.3) is 11.8 Å². The summed E-state index contributed by atoms with van der Waals surface area (Å²) in [4.78, 5) is 29.1. The fourth-order valence-corrected chi connectivity index (χ4v) is 3.37. The van der Waals surface area contributed by atoms with Gasteiger partial charge in [0.1, 0.15) is 0 Å². The van der Waals surface area contributed by atoms with Crippen molar-refractivity contribution in [2.24, 2.45) is 0 Å². The number of piperazine rings is 1. The average molecular weight is 348 g/mol. The highest BCUT2D eigenvalue weighted by atomic mass is 16.2. The Morgan fingerprint density at radius 3 is 2.23 bits per heavy atom. The van der Waals surface area contributed by atoms with Crippen LogP contribution in [0.15, 0.2) is 48.5 Å². The maximum atomic E-state index is 12.8. The van der Waals surface area contributed by atoms with Gasteiger partial charge in [-0.2, -0.15) is 5.10 Å². The molecule has 0 saturated carbocycles. The van der Waals surface area contributed by atoms with E-state index in [1.165, 1.54) is 0 Å². The number of hydrogen-bond donors (Lipinski definition) is 1. The first-order valence-corrected chi connectivity index (χ1v) is 8.72. The number of aromatic nitrogens is 2. The van der Waals surface area contributed by atoms with Crippen molar-refractivity contribution in [2.45, 2.75) is 6.92 Å². The number of nitrogens with one attached hydrogen (secondary N) is 1. The molecule has 1 aliphatic heterocycles. The molecule has 2 amide bonds. The van der Waals surface area contributed by atoms with Gasteiger partial charge in [0.05, 0.1) is 5.52 Å². The van der Waals surface area contributed by atoms with Crippen LogP contribution in [0.3, 0.4) is 0 Å². The minimum absolute atomic E-state index is 0.0282. The van der Waals surface area contributed by atoms with E-state index < -0.39 is 0 Å². The maximum absolute atomic E-state index is 12.8. The van der Waals surface area contributed by atoms with Crippen LogP contribution in [0.1, 0.15) is 26.4 Å². The van der Waals surface area contributed by atoms with Gasteiger partial charge in [-0.1, -0.05) is 36.4 Å². The molecule has 0 radical (unpaired) electrons. The molecule has 2 aromatic carbocycles. The third-order valence-corrected chi connectivity index (χ3v) is 4.90. The Morgan fingerprint density at radius 1 is 0.885 bits per heavy atom. The number of benzene rings is 2. The molecule has 6 nitrogen and oxygen atoms in total. The number of amides is 2. The highest BCUT2D eigenvalue weighted by Gasteiger charge is 2.27. The number of rotatable bonds is 2. The lowest BCUT2D eigenvalue weighted by atomic mass is 10.1. The first-order chi connectivity index (χ1) is 12.6. The Labute approximate surface area is 151 Å². The maximum Gasteiger partial charge on any atom is 0.275 e. The number of carbonyl (C=O) groups excluding carboxylic acids is 2. The lowest BCUT2D eigenvalue weighted by molar-refractivity contribution is 0.0533. The molecule has 26 heavy (non-hydrogen) atoms. The molecule has 1 N–H and O–H groups in total. The Kier molecular flexibility index (Phi) is 4.16. The molecule has 1 saturated heterocycles. The Morgan fingerprint density at radius 2 is 1.50 bits per heavy atom. The Bertz CT molecular complexity index is 971. The smallest absolute Gasteiger partial charge is 0.275 e. The third-order valence-electron chi connectivity index (χ3n) is 4.90. The quantitative estimate of drug-likeness (QED) is 0.773. The first-order valence-electron chi connectivity index (χ1n) is 8.72. The number of aromatic amines is 1. The number of H-pyrrole nitrogens is 1. The standard InChI is InChI=1S/C20H20N4O2/c1-14-6-2-3-7-15(14)19(25)23-10-12-24(13-11-23)20(26)18-16-8-4-5-9-17(16)21-22-18/h2-9H,10-13H2,1H3,(H,21,22). The normalized spacial score (nSPS) is 14.7. The molecule has 1 fully saturated rings. The van der Waals surface area contributed by atoms with Gasteiger partial charge in [-0.3, -0.25) is 14.7 Å². The fraction of sp³-hybridized carbons (Fsp3) is 0.250. The van der Waals surface area contributed by atoms with Crippen LogP contribution in [-0.2, 0) is 0 Å². The second-order valence-electron chi connectivity index (χ2n) is 6.52. The molecule has 4 rings (SSSR count). The fourth-order valence-electron chi connectivity index (χ4n) is 3.37. The number of para-hydroxylation sites is 1. The van der Waals surface area contributed by atoms with Crippen LogP contribution >= 0.6 is 0 Å². The van der Waals surface area contributed by atoms with E-state index in [1.807, 2.05) is 60.4 Å². The van der Waals surface area contributed by atoms with Crippen LogP contribution in [0.4, 0.5) is 0 Å². The summed E-state index contributed by atoms with van der Waals surface area (Å²) in [5, 5.41) is 7.92. The average Bonchev–Trinajstić information content (AvgIpc) is 3.11. The number of carbonyl (C=O) groups is 2. The summed E-state index contributed by atoms with van der Waals surface area (Å²) in [6, 6.07) is 15.2. The number of fused-ring (bicyclic) bond motifs is 1. The van der Waals surface area contributed by atoms with Crippen molar-refractivity contribution in [1.29, 1.82) is 0 Å². The summed E-state index contributed by atoms with van der Waals surface area (Å²) in [5.41, 5.74) is 2.99. The van der Waals surface area contributed by atoms with E-state index in [0.29, 0.717) is 31.9 Å². The molecule has 132 valence electrons. The van der Waals surface area contributed by atoms with Crippen molar-refractivity contribution in [1.82, 2.24) is 20.0 Å². The van der Waals surface area contributed by atoms with Gasteiger partial charge >= 0.3 is 0 Å². The number of aryl methyl sites for hydroxylation is 1.